The Kier molecular flexibility index (Phi) is 12.0. The van der Waals surface area contributed by atoms with Crippen LogP contribution in [0.1, 0.15) is 78.1 Å². The quantitative estimate of drug-likeness (QED) is 0.312. The Morgan fingerprint density at radius 3 is 1.89 bits per heavy atom. The number of aliphatic carboxylic acids is 2. The molecule has 0 saturated heterocycles. The van der Waals surface area contributed by atoms with Gasteiger partial charge in [-0.15, -0.1) is 22.1 Å². The van der Waals surface area contributed by atoms with E-state index in [1.807, 2.05) is 52.0 Å². The fraction of sp³-hybridized carbons (Fsp3) is 0.235. The second kappa shape index (κ2) is 14.7. The first-order chi connectivity index (χ1) is 20.0. The fourth-order valence-corrected chi connectivity index (χ4v) is 5.76. The summed E-state index contributed by atoms with van der Waals surface area (Å²) >= 11 is 0. The van der Waals surface area contributed by atoms with Crippen LogP contribution in [-0.4, -0.2) is 35.0 Å². The average Bonchev–Trinajstić information content (AvgIpc) is 3.59. The summed E-state index contributed by atoms with van der Waals surface area (Å²) in [6.45, 7) is 15.9. The number of nitrogens with one attached hydrogen (secondary N) is 2. The summed E-state index contributed by atoms with van der Waals surface area (Å²) < 4.78 is 0. The third kappa shape index (κ3) is 6.96. The van der Waals surface area contributed by atoms with Gasteiger partial charge in [0, 0.05) is 28.7 Å². The van der Waals surface area contributed by atoms with Crippen LogP contribution >= 0.6 is 0 Å². The molecule has 0 fully saturated rings. The van der Waals surface area contributed by atoms with Crippen LogP contribution in [0.4, 0.5) is 0 Å². The van der Waals surface area contributed by atoms with Crippen molar-refractivity contribution in [2.45, 2.75) is 53.4 Å². The number of rotatable bonds is 8. The van der Waals surface area contributed by atoms with Gasteiger partial charge in [-0.05, 0) is 83.2 Å². The molecular formula is C34H32KMgN4O4+. The van der Waals surface area contributed by atoms with Gasteiger partial charge in [-0.3, -0.25) is 0 Å². The Morgan fingerprint density at radius 2 is 1.25 bits per heavy atom. The molecule has 0 atom stereocenters. The number of aromatic amines is 2. The van der Waals surface area contributed by atoms with Crippen LogP contribution < -0.4 is 81.5 Å². The van der Waals surface area contributed by atoms with Crippen molar-refractivity contribution in [3.05, 3.63) is 88.5 Å². The molecule has 0 aliphatic carbocycles. The third-order valence-corrected chi connectivity index (χ3v) is 8.20. The van der Waals surface area contributed by atoms with Crippen LogP contribution in [0.3, 0.4) is 0 Å². The van der Waals surface area contributed by atoms with Crippen LogP contribution in [0.2, 0.25) is 0 Å². The Hall–Kier alpha value is -2.58. The van der Waals surface area contributed by atoms with E-state index < -0.39 is 11.9 Å². The number of carbonyl (C=O) groups excluding carboxylic acids is 2. The van der Waals surface area contributed by atoms with E-state index in [-0.39, 0.29) is 100 Å². The minimum atomic E-state index is -1.14. The number of aromatic nitrogens is 4. The van der Waals surface area contributed by atoms with Crippen molar-refractivity contribution < 1.29 is 81.2 Å². The maximum atomic E-state index is 11.4. The first kappa shape index (κ1) is 35.9. The van der Waals surface area contributed by atoms with Gasteiger partial charge < -0.3 is 29.8 Å². The summed E-state index contributed by atoms with van der Waals surface area (Å²) in [6.07, 6.45) is 3.81. The zero-order chi connectivity index (χ0) is 30.3. The van der Waals surface area contributed by atoms with Crippen molar-refractivity contribution in [1.29, 1.82) is 0 Å². The van der Waals surface area contributed by atoms with Crippen molar-refractivity contribution >= 4 is 85.4 Å². The Bertz CT molecular complexity index is 1930. The van der Waals surface area contributed by atoms with Crippen molar-refractivity contribution in [1.82, 2.24) is 9.97 Å². The molecule has 214 valence electrons. The van der Waals surface area contributed by atoms with E-state index >= 15 is 0 Å². The van der Waals surface area contributed by atoms with E-state index in [1.165, 1.54) is 0 Å². The predicted octanol–water partition coefficient (Wildman–Crippen LogP) is -0.446. The van der Waals surface area contributed by atoms with E-state index in [9.17, 15) is 19.8 Å². The minimum Gasteiger partial charge on any atom is -0.657 e. The zero-order valence-electron chi connectivity index (χ0n) is 25.9. The molecule has 8 bridgehead atoms. The SMILES string of the molecule is C=CC1=C(C)c2cc3[n-]c(cc4[nH+]c(cc5[n-]c(cc1[nH+]2)c(C)c5CCC(=O)[O-])C(CCC(=O)[O-])=C4C)c(C)c3C=C.[K+].[Mg+2]. The molecule has 44 heavy (non-hydrogen) atoms. The third-order valence-electron chi connectivity index (χ3n) is 8.20. The van der Waals surface area contributed by atoms with Gasteiger partial charge in [-0.2, -0.15) is 0 Å². The Morgan fingerprint density at radius 1 is 0.727 bits per heavy atom. The summed E-state index contributed by atoms with van der Waals surface area (Å²) in [5.41, 5.74) is 13.3. The molecule has 0 saturated carbocycles. The smallest absolute Gasteiger partial charge is 0.657 e. The normalized spacial score (nSPS) is 12.5. The number of carbonyl (C=O) groups is 2. The number of carboxylic acid groups (broad SMARTS) is 2. The summed E-state index contributed by atoms with van der Waals surface area (Å²) in [5, 5.41) is 22.8. The van der Waals surface area contributed by atoms with Crippen LogP contribution in [0.25, 0.3) is 50.4 Å². The monoisotopic (exact) mass is 623 g/mol. The Labute approximate surface area is 315 Å². The summed E-state index contributed by atoms with van der Waals surface area (Å²) in [5.74, 6) is -2.28. The van der Waals surface area contributed by atoms with Crippen LogP contribution in [0.5, 0.6) is 0 Å². The van der Waals surface area contributed by atoms with Gasteiger partial charge in [0.2, 0.25) is 22.8 Å². The molecule has 10 heteroatoms. The van der Waals surface area contributed by atoms with Crippen LogP contribution in [0.15, 0.2) is 43.5 Å². The van der Waals surface area contributed by atoms with Gasteiger partial charge in [0.25, 0.3) is 0 Å². The van der Waals surface area contributed by atoms with Crippen molar-refractivity contribution in [3.8, 4) is 0 Å². The second-order valence-corrected chi connectivity index (χ2v) is 10.7. The minimum absolute atomic E-state index is 0. The molecule has 0 unspecified atom stereocenters. The first-order valence-corrected chi connectivity index (χ1v) is 13.8. The molecule has 0 spiro atoms. The van der Waals surface area contributed by atoms with Gasteiger partial charge in [0.15, 0.2) is 0 Å². The van der Waals surface area contributed by atoms with Crippen molar-refractivity contribution in [2.24, 2.45) is 0 Å². The molecule has 2 N–H and O–H groups in total. The molecule has 2 aliphatic heterocycles. The molecule has 0 radical (unpaired) electrons. The van der Waals surface area contributed by atoms with Crippen LogP contribution in [-0.2, 0) is 16.0 Å². The largest absolute Gasteiger partial charge is 2.00 e. The van der Waals surface area contributed by atoms with Crippen molar-refractivity contribution in [3.63, 3.8) is 0 Å². The number of allylic oxidation sites excluding steroid dienone is 5. The summed E-state index contributed by atoms with van der Waals surface area (Å²) in [4.78, 5) is 39.7. The molecular weight excluding hydrogens is 592 g/mol. The Balaban J connectivity index is 0.00000264. The number of hydrogen-bond acceptors (Lipinski definition) is 4. The molecule has 3 aromatic rings. The maximum Gasteiger partial charge on any atom is 2.00 e. The molecule has 2 aliphatic rings. The molecule has 3 aromatic heterocycles. The van der Waals surface area contributed by atoms with Gasteiger partial charge in [0.1, 0.15) is 0 Å². The van der Waals surface area contributed by atoms with E-state index in [1.54, 1.807) is 12.2 Å². The van der Waals surface area contributed by atoms with Gasteiger partial charge >= 0.3 is 74.4 Å². The van der Waals surface area contributed by atoms with E-state index in [0.717, 1.165) is 72.7 Å². The van der Waals surface area contributed by atoms with Crippen molar-refractivity contribution in [2.75, 3.05) is 0 Å². The number of carboxylic acids is 2. The molecule has 5 rings (SSSR count). The number of fused-ring (bicyclic) bond motifs is 8. The molecule has 0 aromatic carbocycles. The topological polar surface area (TPSA) is 137 Å². The van der Waals surface area contributed by atoms with Gasteiger partial charge in [-0.25, -0.2) is 9.97 Å². The van der Waals surface area contributed by atoms with E-state index in [2.05, 4.69) is 23.1 Å². The van der Waals surface area contributed by atoms with Crippen LogP contribution in [0, 0.1) is 13.8 Å². The number of nitrogens with zero attached hydrogens (tertiary/aromatic N) is 2. The number of hydrogen-bond donors (Lipinski definition) is 0. The molecule has 0 amide bonds. The van der Waals surface area contributed by atoms with E-state index in [0.29, 0.717) is 16.7 Å². The maximum absolute atomic E-state index is 11.4. The first-order valence-electron chi connectivity index (χ1n) is 13.8. The van der Waals surface area contributed by atoms with E-state index in [4.69, 9.17) is 9.97 Å². The van der Waals surface area contributed by atoms with Gasteiger partial charge in [-0.1, -0.05) is 42.0 Å². The fourth-order valence-electron chi connectivity index (χ4n) is 5.76. The molecule has 5 heterocycles. The summed E-state index contributed by atoms with van der Waals surface area (Å²) in [7, 11) is 0. The summed E-state index contributed by atoms with van der Waals surface area (Å²) in [6, 6.07) is 7.78. The average molecular weight is 624 g/mol. The zero-order valence-corrected chi connectivity index (χ0v) is 30.5. The standard InChI is InChI=1S/C34H34N4O4.K.Mg/c1-7-21-17(3)25-13-26-19(5)23(9-11-33(39)40)31(37-26)16-32-24(10-12-34(41)42)20(6)28(38-32)15-30-22(8-2)18(4)27(36-30)14-29(21)35-25;;/h7-8,13-16H,1-2,9-12H2,3-6H3,(H4,35,36,37,38,39,40,41,42);;/q;+1;+2/p-2. The van der Waals surface area contributed by atoms with Gasteiger partial charge in [0.05, 0.1) is 5.57 Å². The predicted molar refractivity (Wildman–Crippen MR) is 165 cm³/mol. The molecule has 8 nitrogen and oxygen atoms in total. The number of H-pyrrole nitrogens is 2. The second-order valence-electron chi connectivity index (χ2n) is 10.7. The number of aryl methyl sites for hydroxylation is 3.